The van der Waals surface area contributed by atoms with Crippen LogP contribution < -0.4 is 10.5 Å². The highest BCUT2D eigenvalue weighted by molar-refractivity contribution is 5.78. The second-order valence-electron chi connectivity index (χ2n) is 5.28. The molecule has 0 bridgehead atoms. The van der Waals surface area contributed by atoms with E-state index < -0.39 is 5.60 Å². The van der Waals surface area contributed by atoms with Crippen molar-refractivity contribution in [2.75, 3.05) is 25.4 Å². The summed E-state index contributed by atoms with van der Waals surface area (Å²) in [6.07, 6.45) is 1.55. The Hall–Kier alpha value is -1.75. The second kappa shape index (κ2) is 5.48. The van der Waals surface area contributed by atoms with Gasteiger partial charge in [0.2, 0.25) is 0 Å². The Labute approximate surface area is 113 Å². The zero-order valence-corrected chi connectivity index (χ0v) is 11.1. The Bertz CT molecular complexity index is 460. The van der Waals surface area contributed by atoms with Gasteiger partial charge in [0.15, 0.2) is 6.61 Å². The van der Waals surface area contributed by atoms with Gasteiger partial charge in [-0.15, -0.1) is 0 Å². The van der Waals surface area contributed by atoms with Crippen LogP contribution in [0.25, 0.3) is 0 Å². The third-order valence-corrected chi connectivity index (χ3v) is 3.25. The number of benzene rings is 1. The average molecular weight is 264 g/mol. The Kier molecular flexibility index (Phi) is 3.95. The Morgan fingerprint density at radius 1 is 1.58 bits per heavy atom. The monoisotopic (exact) mass is 264 g/mol. The number of rotatable bonds is 3. The van der Waals surface area contributed by atoms with Gasteiger partial charge < -0.3 is 20.5 Å². The fourth-order valence-electron chi connectivity index (χ4n) is 2.27. The van der Waals surface area contributed by atoms with Crippen molar-refractivity contribution in [2.24, 2.45) is 0 Å². The van der Waals surface area contributed by atoms with Gasteiger partial charge in [-0.2, -0.15) is 0 Å². The molecule has 0 aliphatic carbocycles. The predicted octanol–water partition coefficient (Wildman–Crippen LogP) is 1.02. The minimum Gasteiger partial charge on any atom is -0.484 e. The van der Waals surface area contributed by atoms with E-state index in [9.17, 15) is 9.90 Å². The van der Waals surface area contributed by atoms with Gasteiger partial charge >= 0.3 is 0 Å². The molecule has 104 valence electrons. The van der Waals surface area contributed by atoms with Gasteiger partial charge in [-0.1, -0.05) is 6.07 Å². The van der Waals surface area contributed by atoms with E-state index in [1.807, 2.05) is 0 Å². The number of carbonyl (C=O) groups excluding carboxylic acids is 1. The lowest BCUT2D eigenvalue weighted by molar-refractivity contribution is -0.139. The molecule has 2 rings (SSSR count). The van der Waals surface area contributed by atoms with Gasteiger partial charge in [-0.3, -0.25) is 4.79 Å². The van der Waals surface area contributed by atoms with E-state index in [1.54, 1.807) is 36.1 Å². The van der Waals surface area contributed by atoms with Crippen LogP contribution in [0, 0.1) is 0 Å². The van der Waals surface area contributed by atoms with E-state index in [2.05, 4.69) is 0 Å². The zero-order chi connectivity index (χ0) is 13.9. The van der Waals surface area contributed by atoms with Crippen molar-refractivity contribution in [3.63, 3.8) is 0 Å². The van der Waals surface area contributed by atoms with Crippen LogP contribution in [0.15, 0.2) is 24.3 Å². The topological polar surface area (TPSA) is 75.8 Å². The molecule has 1 aliphatic rings. The maximum atomic E-state index is 12.0. The van der Waals surface area contributed by atoms with Crippen LogP contribution in [0.1, 0.15) is 19.8 Å². The molecule has 1 amide bonds. The van der Waals surface area contributed by atoms with Crippen molar-refractivity contribution in [1.82, 2.24) is 4.90 Å². The summed E-state index contributed by atoms with van der Waals surface area (Å²) in [5, 5.41) is 9.96. The molecule has 0 radical (unpaired) electrons. The number of piperidine rings is 1. The number of nitrogens with zero attached hydrogens (tertiary/aromatic N) is 1. The maximum absolute atomic E-state index is 12.0. The molecule has 1 aromatic rings. The predicted molar refractivity (Wildman–Crippen MR) is 72.8 cm³/mol. The first kappa shape index (κ1) is 13.7. The molecule has 1 unspecified atom stereocenters. The van der Waals surface area contributed by atoms with E-state index in [4.69, 9.17) is 10.5 Å². The number of anilines is 1. The maximum Gasteiger partial charge on any atom is 0.260 e. The molecule has 1 heterocycles. The van der Waals surface area contributed by atoms with Crippen LogP contribution in [0.2, 0.25) is 0 Å². The molecular formula is C14H20N2O3. The van der Waals surface area contributed by atoms with Gasteiger partial charge in [0, 0.05) is 24.8 Å². The van der Waals surface area contributed by atoms with Crippen LogP contribution in [0.4, 0.5) is 5.69 Å². The van der Waals surface area contributed by atoms with Crippen molar-refractivity contribution in [3.05, 3.63) is 24.3 Å². The molecule has 5 heteroatoms. The van der Waals surface area contributed by atoms with Crippen LogP contribution in [0.5, 0.6) is 5.75 Å². The highest BCUT2D eigenvalue weighted by atomic mass is 16.5. The Morgan fingerprint density at radius 3 is 3.05 bits per heavy atom. The second-order valence-corrected chi connectivity index (χ2v) is 5.28. The number of carbonyl (C=O) groups is 1. The molecule has 0 spiro atoms. The van der Waals surface area contributed by atoms with Gasteiger partial charge in [0.05, 0.1) is 5.60 Å². The summed E-state index contributed by atoms with van der Waals surface area (Å²) in [6.45, 7) is 2.77. The first-order chi connectivity index (χ1) is 8.96. The first-order valence-corrected chi connectivity index (χ1v) is 6.45. The van der Waals surface area contributed by atoms with Crippen molar-refractivity contribution in [2.45, 2.75) is 25.4 Å². The Balaban J connectivity index is 1.87. The normalized spacial score (nSPS) is 23.2. The number of hydrogen-bond acceptors (Lipinski definition) is 4. The van der Waals surface area contributed by atoms with Crippen LogP contribution in [-0.4, -0.2) is 41.2 Å². The van der Waals surface area contributed by atoms with Gasteiger partial charge in [0.25, 0.3) is 5.91 Å². The summed E-state index contributed by atoms with van der Waals surface area (Å²) >= 11 is 0. The van der Waals surface area contributed by atoms with Gasteiger partial charge in [-0.25, -0.2) is 0 Å². The average Bonchev–Trinajstić information content (AvgIpc) is 2.35. The molecule has 3 N–H and O–H groups in total. The smallest absolute Gasteiger partial charge is 0.260 e. The number of amides is 1. The van der Waals surface area contributed by atoms with E-state index in [-0.39, 0.29) is 12.5 Å². The van der Waals surface area contributed by atoms with Crippen molar-refractivity contribution in [3.8, 4) is 5.75 Å². The molecular weight excluding hydrogens is 244 g/mol. The number of nitrogen functional groups attached to an aromatic ring is 1. The van der Waals surface area contributed by atoms with Crippen molar-refractivity contribution in [1.29, 1.82) is 0 Å². The standard InChI is InChI=1S/C14H20N2O3/c1-14(18)6-3-7-16(10-14)13(17)9-19-12-5-2-4-11(15)8-12/h2,4-5,8,18H,3,6-7,9-10,15H2,1H3. The van der Waals surface area contributed by atoms with E-state index in [1.165, 1.54) is 0 Å². The van der Waals surface area contributed by atoms with Crippen molar-refractivity contribution >= 4 is 11.6 Å². The SMILES string of the molecule is CC1(O)CCCN(C(=O)COc2cccc(N)c2)C1. The lowest BCUT2D eigenvalue weighted by atomic mass is 9.95. The third kappa shape index (κ3) is 3.86. The third-order valence-electron chi connectivity index (χ3n) is 3.25. The van der Waals surface area contributed by atoms with E-state index in [0.29, 0.717) is 24.5 Å². The number of hydrogen-bond donors (Lipinski definition) is 2. The number of ether oxygens (including phenoxy) is 1. The lowest BCUT2D eigenvalue weighted by Gasteiger charge is -2.36. The molecule has 5 nitrogen and oxygen atoms in total. The number of nitrogens with two attached hydrogens (primary N) is 1. The summed E-state index contributed by atoms with van der Waals surface area (Å²) in [5.74, 6) is 0.472. The molecule has 1 atom stereocenters. The van der Waals surface area contributed by atoms with Gasteiger partial charge in [0.1, 0.15) is 5.75 Å². The minimum absolute atomic E-state index is 0.0282. The summed E-state index contributed by atoms with van der Waals surface area (Å²) in [4.78, 5) is 13.7. The fraction of sp³-hybridized carbons (Fsp3) is 0.500. The lowest BCUT2D eigenvalue weighted by Crippen LogP contribution is -2.49. The summed E-state index contributed by atoms with van der Waals surface area (Å²) in [7, 11) is 0. The Morgan fingerprint density at radius 2 is 2.37 bits per heavy atom. The van der Waals surface area contributed by atoms with Crippen LogP contribution in [-0.2, 0) is 4.79 Å². The minimum atomic E-state index is -0.787. The molecule has 0 aromatic heterocycles. The largest absolute Gasteiger partial charge is 0.484 e. The summed E-state index contributed by atoms with van der Waals surface area (Å²) in [6, 6.07) is 6.98. The summed E-state index contributed by atoms with van der Waals surface area (Å²) in [5.41, 5.74) is 5.45. The van der Waals surface area contributed by atoms with E-state index in [0.717, 1.165) is 12.8 Å². The van der Waals surface area contributed by atoms with Crippen molar-refractivity contribution < 1.29 is 14.6 Å². The number of likely N-dealkylation sites (tertiary alicyclic amines) is 1. The van der Waals surface area contributed by atoms with Crippen LogP contribution >= 0.6 is 0 Å². The molecule has 1 aromatic carbocycles. The van der Waals surface area contributed by atoms with E-state index >= 15 is 0 Å². The molecule has 19 heavy (non-hydrogen) atoms. The highest BCUT2D eigenvalue weighted by Crippen LogP contribution is 2.20. The van der Waals surface area contributed by atoms with Crippen LogP contribution in [0.3, 0.4) is 0 Å². The molecule has 1 saturated heterocycles. The fourth-order valence-corrected chi connectivity index (χ4v) is 2.27. The quantitative estimate of drug-likeness (QED) is 0.799. The molecule has 1 fully saturated rings. The molecule has 0 saturated carbocycles. The number of β-amino-alcohol motifs (C(OH)–C–C–N with tert-alkyl or cyclic N) is 1. The molecule has 1 aliphatic heterocycles. The van der Waals surface area contributed by atoms with Gasteiger partial charge in [-0.05, 0) is 31.9 Å². The highest BCUT2D eigenvalue weighted by Gasteiger charge is 2.30. The first-order valence-electron chi connectivity index (χ1n) is 6.45. The number of aliphatic hydroxyl groups is 1. The zero-order valence-electron chi connectivity index (χ0n) is 11.1. The summed E-state index contributed by atoms with van der Waals surface area (Å²) < 4.78 is 5.42.